The SMILES string of the molecule is O=C(NCOc1ccc(Cl)cc1)NCc1ccccc1Br. The summed E-state index contributed by atoms with van der Waals surface area (Å²) in [4.78, 5) is 11.6. The van der Waals surface area contributed by atoms with Gasteiger partial charge >= 0.3 is 6.03 Å². The second-order valence-corrected chi connectivity index (χ2v) is 5.48. The molecule has 110 valence electrons. The van der Waals surface area contributed by atoms with Crippen LogP contribution in [0.5, 0.6) is 5.75 Å². The fraction of sp³-hybridized carbons (Fsp3) is 0.133. The molecular weight excluding hydrogens is 356 g/mol. The van der Waals surface area contributed by atoms with E-state index in [0.717, 1.165) is 10.0 Å². The van der Waals surface area contributed by atoms with E-state index in [2.05, 4.69) is 26.6 Å². The number of amides is 2. The van der Waals surface area contributed by atoms with Crippen LogP contribution in [0.15, 0.2) is 53.0 Å². The molecule has 0 bridgehead atoms. The molecule has 0 aromatic heterocycles. The summed E-state index contributed by atoms with van der Waals surface area (Å²) < 4.78 is 6.33. The Morgan fingerprint density at radius 2 is 1.81 bits per heavy atom. The quantitative estimate of drug-likeness (QED) is 0.784. The Morgan fingerprint density at radius 1 is 1.10 bits per heavy atom. The van der Waals surface area contributed by atoms with Gasteiger partial charge in [-0.2, -0.15) is 0 Å². The van der Waals surface area contributed by atoms with E-state index in [4.69, 9.17) is 16.3 Å². The molecule has 4 nitrogen and oxygen atoms in total. The number of hydrogen-bond donors (Lipinski definition) is 2. The highest BCUT2D eigenvalue weighted by molar-refractivity contribution is 9.10. The highest BCUT2D eigenvalue weighted by Crippen LogP contribution is 2.16. The number of rotatable bonds is 5. The molecule has 2 N–H and O–H groups in total. The first kappa shape index (κ1) is 15.7. The minimum atomic E-state index is -0.292. The van der Waals surface area contributed by atoms with Gasteiger partial charge in [-0.25, -0.2) is 4.79 Å². The summed E-state index contributed by atoms with van der Waals surface area (Å²) in [6.45, 7) is 0.525. The molecule has 0 saturated heterocycles. The maximum absolute atomic E-state index is 11.6. The number of hydrogen-bond acceptors (Lipinski definition) is 2. The van der Waals surface area contributed by atoms with Crippen molar-refractivity contribution in [3.05, 3.63) is 63.6 Å². The molecular formula is C15H14BrClN2O2. The number of carbonyl (C=O) groups excluding carboxylic acids is 1. The molecule has 0 radical (unpaired) electrons. The van der Waals surface area contributed by atoms with E-state index in [1.54, 1.807) is 24.3 Å². The van der Waals surface area contributed by atoms with Crippen LogP contribution in [-0.2, 0) is 6.54 Å². The molecule has 2 rings (SSSR count). The fourth-order valence-corrected chi connectivity index (χ4v) is 2.15. The van der Waals surface area contributed by atoms with Crippen molar-refractivity contribution in [2.75, 3.05) is 6.73 Å². The number of benzene rings is 2. The summed E-state index contributed by atoms with van der Waals surface area (Å²) in [5, 5.41) is 6.01. The second kappa shape index (κ2) is 7.90. The van der Waals surface area contributed by atoms with Gasteiger partial charge < -0.3 is 15.4 Å². The lowest BCUT2D eigenvalue weighted by molar-refractivity contribution is 0.223. The molecule has 0 heterocycles. The molecule has 0 aliphatic rings. The van der Waals surface area contributed by atoms with Crippen LogP contribution in [0.25, 0.3) is 0 Å². The Bertz CT molecular complexity index is 605. The zero-order valence-electron chi connectivity index (χ0n) is 11.1. The lowest BCUT2D eigenvalue weighted by atomic mass is 10.2. The molecule has 6 heteroatoms. The lowest BCUT2D eigenvalue weighted by Gasteiger charge is -2.10. The number of carbonyl (C=O) groups is 1. The van der Waals surface area contributed by atoms with E-state index in [9.17, 15) is 4.79 Å². The Labute approximate surface area is 136 Å². The van der Waals surface area contributed by atoms with Crippen molar-refractivity contribution in [3.63, 3.8) is 0 Å². The zero-order chi connectivity index (χ0) is 15.1. The highest BCUT2D eigenvalue weighted by atomic mass is 79.9. The molecule has 0 saturated carbocycles. The first-order valence-corrected chi connectivity index (χ1v) is 7.46. The summed E-state index contributed by atoms with van der Waals surface area (Å²) in [5.74, 6) is 0.644. The van der Waals surface area contributed by atoms with Crippen LogP contribution in [0.3, 0.4) is 0 Å². The lowest BCUT2D eigenvalue weighted by Crippen LogP contribution is -2.37. The van der Waals surface area contributed by atoms with Crippen molar-refractivity contribution >= 4 is 33.6 Å². The molecule has 0 unspecified atom stereocenters. The maximum atomic E-state index is 11.6. The monoisotopic (exact) mass is 368 g/mol. The fourth-order valence-electron chi connectivity index (χ4n) is 1.60. The highest BCUT2D eigenvalue weighted by Gasteiger charge is 2.02. The van der Waals surface area contributed by atoms with Crippen molar-refractivity contribution in [3.8, 4) is 5.75 Å². The van der Waals surface area contributed by atoms with Crippen LogP contribution in [-0.4, -0.2) is 12.8 Å². The average Bonchev–Trinajstić information content (AvgIpc) is 2.48. The van der Waals surface area contributed by atoms with Crippen LogP contribution >= 0.6 is 27.5 Å². The van der Waals surface area contributed by atoms with Crippen LogP contribution in [0.1, 0.15) is 5.56 Å². The largest absolute Gasteiger partial charge is 0.473 e. The molecule has 21 heavy (non-hydrogen) atoms. The number of halogens is 2. The molecule has 0 aliphatic carbocycles. The maximum Gasteiger partial charge on any atom is 0.317 e. The van der Waals surface area contributed by atoms with Gasteiger partial charge in [-0.1, -0.05) is 45.7 Å². The predicted octanol–water partition coefficient (Wildman–Crippen LogP) is 3.94. The van der Waals surface area contributed by atoms with E-state index >= 15 is 0 Å². The summed E-state index contributed by atoms with van der Waals surface area (Å²) in [6, 6.07) is 14.4. The molecule has 0 atom stereocenters. The van der Waals surface area contributed by atoms with Crippen LogP contribution in [0.4, 0.5) is 4.79 Å². The van der Waals surface area contributed by atoms with E-state index in [-0.39, 0.29) is 12.8 Å². The van der Waals surface area contributed by atoms with Gasteiger partial charge in [0, 0.05) is 16.0 Å². The second-order valence-electron chi connectivity index (χ2n) is 4.19. The summed E-state index contributed by atoms with van der Waals surface area (Å²) in [6.07, 6.45) is 0. The van der Waals surface area contributed by atoms with Gasteiger partial charge in [-0.15, -0.1) is 0 Å². The van der Waals surface area contributed by atoms with E-state index in [1.807, 2.05) is 24.3 Å². The zero-order valence-corrected chi connectivity index (χ0v) is 13.4. The molecule has 0 aliphatic heterocycles. The Balaban J connectivity index is 1.70. The minimum absolute atomic E-state index is 0.0867. The van der Waals surface area contributed by atoms with Gasteiger partial charge in [-0.05, 0) is 35.9 Å². The average molecular weight is 370 g/mol. The number of urea groups is 1. The predicted molar refractivity (Wildman–Crippen MR) is 86.5 cm³/mol. The van der Waals surface area contributed by atoms with Crippen molar-refractivity contribution < 1.29 is 9.53 Å². The van der Waals surface area contributed by atoms with Gasteiger partial charge in [-0.3, -0.25) is 0 Å². The molecule has 0 fully saturated rings. The molecule has 2 aromatic carbocycles. The van der Waals surface area contributed by atoms with Crippen LogP contribution in [0, 0.1) is 0 Å². The Hall–Kier alpha value is -1.72. The normalized spacial score (nSPS) is 10.0. The topological polar surface area (TPSA) is 50.4 Å². The van der Waals surface area contributed by atoms with E-state index in [1.165, 1.54) is 0 Å². The molecule has 2 amide bonds. The van der Waals surface area contributed by atoms with Crippen molar-refractivity contribution in [2.24, 2.45) is 0 Å². The molecule has 0 spiro atoms. The van der Waals surface area contributed by atoms with Gasteiger partial charge in [0.05, 0.1) is 0 Å². The van der Waals surface area contributed by atoms with Crippen LogP contribution < -0.4 is 15.4 Å². The Kier molecular flexibility index (Phi) is 5.90. The third-order valence-corrected chi connectivity index (χ3v) is 3.71. The van der Waals surface area contributed by atoms with Gasteiger partial charge in [0.2, 0.25) is 0 Å². The molecule has 2 aromatic rings. The van der Waals surface area contributed by atoms with Crippen molar-refractivity contribution in [1.29, 1.82) is 0 Å². The smallest absolute Gasteiger partial charge is 0.317 e. The number of ether oxygens (including phenoxy) is 1. The Morgan fingerprint density at radius 3 is 2.52 bits per heavy atom. The van der Waals surface area contributed by atoms with Crippen molar-refractivity contribution in [2.45, 2.75) is 6.54 Å². The number of nitrogens with one attached hydrogen (secondary N) is 2. The van der Waals surface area contributed by atoms with Gasteiger partial charge in [0.25, 0.3) is 0 Å². The van der Waals surface area contributed by atoms with Gasteiger partial charge in [0.15, 0.2) is 6.73 Å². The van der Waals surface area contributed by atoms with E-state index in [0.29, 0.717) is 17.3 Å². The first-order chi connectivity index (χ1) is 10.1. The van der Waals surface area contributed by atoms with Crippen LogP contribution in [0.2, 0.25) is 5.02 Å². The third kappa shape index (κ3) is 5.28. The van der Waals surface area contributed by atoms with E-state index < -0.39 is 0 Å². The first-order valence-electron chi connectivity index (χ1n) is 6.28. The van der Waals surface area contributed by atoms with Crippen molar-refractivity contribution in [1.82, 2.24) is 10.6 Å². The summed E-state index contributed by atoms with van der Waals surface area (Å²) in [7, 11) is 0. The van der Waals surface area contributed by atoms with Gasteiger partial charge in [0.1, 0.15) is 5.75 Å². The summed E-state index contributed by atoms with van der Waals surface area (Å²) in [5.41, 5.74) is 1.01. The summed E-state index contributed by atoms with van der Waals surface area (Å²) >= 11 is 9.20. The minimum Gasteiger partial charge on any atom is -0.473 e. The third-order valence-electron chi connectivity index (χ3n) is 2.68. The standard InChI is InChI=1S/C15H14BrClN2O2/c16-14-4-2-1-3-11(14)9-18-15(20)19-10-21-13-7-5-12(17)6-8-13/h1-8H,9-10H2,(H2,18,19,20).